The second-order valence-corrected chi connectivity index (χ2v) is 4.57. The Labute approximate surface area is 111 Å². The molecule has 2 rings (SSSR count). The number of hydrogen-bond donors (Lipinski definition) is 0. The summed E-state index contributed by atoms with van der Waals surface area (Å²) in [5.41, 5.74) is 1.91. The topological polar surface area (TPSA) is 65.5 Å². The SMILES string of the molecule is COC(=O)C(C(=O)OC)C1CCCc2cccnc21. The van der Waals surface area contributed by atoms with Crippen molar-refractivity contribution in [2.75, 3.05) is 14.2 Å². The zero-order valence-corrected chi connectivity index (χ0v) is 11.1. The maximum Gasteiger partial charge on any atom is 0.320 e. The van der Waals surface area contributed by atoms with Crippen LogP contribution >= 0.6 is 0 Å². The van der Waals surface area contributed by atoms with E-state index in [1.165, 1.54) is 14.2 Å². The van der Waals surface area contributed by atoms with Gasteiger partial charge in [0.05, 0.1) is 14.2 Å². The summed E-state index contributed by atoms with van der Waals surface area (Å²) in [5.74, 6) is -2.31. The van der Waals surface area contributed by atoms with Gasteiger partial charge in [0.1, 0.15) is 0 Å². The van der Waals surface area contributed by atoms with Crippen LogP contribution in [0.15, 0.2) is 18.3 Å². The highest BCUT2D eigenvalue weighted by Crippen LogP contribution is 2.36. The van der Waals surface area contributed by atoms with E-state index in [9.17, 15) is 9.59 Å². The molecule has 0 spiro atoms. The van der Waals surface area contributed by atoms with Crippen LogP contribution in [0.4, 0.5) is 0 Å². The molecule has 1 heterocycles. The molecule has 0 N–H and O–H groups in total. The third-order valence-electron chi connectivity index (χ3n) is 3.55. The molecule has 5 nitrogen and oxygen atoms in total. The lowest BCUT2D eigenvalue weighted by Gasteiger charge is -2.28. The van der Waals surface area contributed by atoms with Crippen LogP contribution in [0, 0.1) is 5.92 Å². The first-order valence-electron chi connectivity index (χ1n) is 6.28. The quantitative estimate of drug-likeness (QED) is 0.610. The number of carbonyl (C=O) groups is 2. The van der Waals surface area contributed by atoms with E-state index in [1.807, 2.05) is 12.1 Å². The van der Waals surface area contributed by atoms with Gasteiger partial charge in [0.25, 0.3) is 0 Å². The molecule has 19 heavy (non-hydrogen) atoms. The van der Waals surface area contributed by atoms with E-state index in [0.29, 0.717) is 0 Å². The molecule has 1 aromatic heterocycles. The molecule has 1 aromatic rings. The Balaban J connectivity index is 2.38. The summed E-state index contributed by atoms with van der Waals surface area (Å²) >= 11 is 0. The summed E-state index contributed by atoms with van der Waals surface area (Å²) in [6, 6.07) is 3.85. The monoisotopic (exact) mass is 263 g/mol. The molecule has 0 saturated carbocycles. The number of aryl methyl sites for hydroxylation is 1. The molecular formula is C14H17NO4. The van der Waals surface area contributed by atoms with Crippen molar-refractivity contribution in [3.63, 3.8) is 0 Å². The first-order valence-corrected chi connectivity index (χ1v) is 6.28. The van der Waals surface area contributed by atoms with Crippen LogP contribution < -0.4 is 0 Å². The van der Waals surface area contributed by atoms with Crippen molar-refractivity contribution >= 4 is 11.9 Å². The molecule has 0 bridgehead atoms. The molecule has 1 aliphatic rings. The predicted molar refractivity (Wildman–Crippen MR) is 67.4 cm³/mol. The first kappa shape index (κ1) is 13.5. The van der Waals surface area contributed by atoms with Gasteiger partial charge < -0.3 is 9.47 Å². The van der Waals surface area contributed by atoms with Crippen LogP contribution in [-0.4, -0.2) is 31.1 Å². The fraction of sp³-hybridized carbons (Fsp3) is 0.500. The van der Waals surface area contributed by atoms with E-state index in [4.69, 9.17) is 9.47 Å². The van der Waals surface area contributed by atoms with Crippen molar-refractivity contribution < 1.29 is 19.1 Å². The van der Waals surface area contributed by atoms with Gasteiger partial charge in [-0.3, -0.25) is 14.6 Å². The Morgan fingerprint density at radius 2 is 2.00 bits per heavy atom. The minimum atomic E-state index is -0.927. The number of methoxy groups -OCH3 is 2. The molecule has 0 amide bonds. The number of aromatic nitrogens is 1. The van der Waals surface area contributed by atoms with Crippen LogP contribution in [0.5, 0.6) is 0 Å². The van der Waals surface area contributed by atoms with E-state index in [-0.39, 0.29) is 5.92 Å². The number of esters is 2. The molecule has 0 fully saturated rings. The van der Waals surface area contributed by atoms with Crippen molar-refractivity contribution in [2.24, 2.45) is 5.92 Å². The molecule has 5 heteroatoms. The maximum absolute atomic E-state index is 11.9. The highest BCUT2D eigenvalue weighted by molar-refractivity contribution is 5.96. The third-order valence-corrected chi connectivity index (χ3v) is 3.55. The molecule has 1 atom stereocenters. The maximum atomic E-state index is 11.9. The summed E-state index contributed by atoms with van der Waals surface area (Å²) in [4.78, 5) is 28.1. The Morgan fingerprint density at radius 1 is 1.32 bits per heavy atom. The van der Waals surface area contributed by atoms with Crippen molar-refractivity contribution in [1.82, 2.24) is 4.98 Å². The van der Waals surface area contributed by atoms with Gasteiger partial charge in [0.2, 0.25) is 0 Å². The minimum Gasteiger partial charge on any atom is -0.468 e. The van der Waals surface area contributed by atoms with Gasteiger partial charge in [-0.2, -0.15) is 0 Å². The van der Waals surface area contributed by atoms with Gasteiger partial charge in [-0.25, -0.2) is 0 Å². The number of pyridine rings is 1. The Hall–Kier alpha value is -1.91. The number of rotatable bonds is 3. The first-order chi connectivity index (χ1) is 9.19. The average Bonchev–Trinajstić information content (AvgIpc) is 2.47. The molecule has 102 valence electrons. The lowest BCUT2D eigenvalue weighted by Crippen LogP contribution is -2.34. The Kier molecular flexibility index (Phi) is 4.14. The van der Waals surface area contributed by atoms with E-state index >= 15 is 0 Å². The van der Waals surface area contributed by atoms with E-state index in [2.05, 4.69) is 4.98 Å². The van der Waals surface area contributed by atoms with Crippen LogP contribution in [0.25, 0.3) is 0 Å². The van der Waals surface area contributed by atoms with Gasteiger partial charge in [-0.05, 0) is 30.9 Å². The molecule has 0 saturated heterocycles. The Morgan fingerprint density at radius 3 is 2.63 bits per heavy atom. The van der Waals surface area contributed by atoms with Crippen LogP contribution in [0.1, 0.15) is 30.0 Å². The van der Waals surface area contributed by atoms with Gasteiger partial charge in [0, 0.05) is 17.8 Å². The average molecular weight is 263 g/mol. The van der Waals surface area contributed by atoms with Crippen LogP contribution in [-0.2, 0) is 25.5 Å². The summed E-state index contributed by atoms with van der Waals surface area (Å²) in [5, 5.41) is 0. The number of hydrogen-bond acceptors (Lipinski definition) is 5. The highest BCUT2D eigenvalue weighted by atomic mass is 16.5. The molecule has 1 aliphatic carbocycles. The van der Waals surface area contributed by atoms with Gasteiger partial charge >= 0.3 is 11.9 Å². The number of carbonyl (C=O) groups excluding carboxylic acids is 2. The van der Waals surface area contributed by atoms with Crippen molar-refractivity contribution in [2.45, 2.75) is 25.2 Å². The largest absolute Gasteiger partial charge is 0.468 e. The molecule has 1 unspecified atom stereocenters. The van der Waals surface area contributed by atoms with Crippen molar-refractivity contribution in [1.29, 1.82) is 0 Å². The summed E-state index contributed by atoms with van der Waals surface area (Å²) in [6.45, 7) is 0. The fourth-order valence-corrected chi connectivity index (χ4v) is 2.65. The summed E-state index contributed by atoms with van der Waals surface area (Å²) in [6.07, 6.45) is 4.27. The second-order valence-electron chi connectivity index (χ2n) is 4.57. The molecule has 0 aliphatic heterocycles. The lowest BCUT2D eigenvalue weighted by molar-refractivity contribution is -0.160. The summed E-state index contributed by atoms with van der Waals surface area (Å²) in [7, 11) is 2.56. The van der Waals surface area contributed by atoms with Crippen LogP contribution in [0.3, 0.4) is 0 Å². The van der Waals surface area contributed by atoms with E-state index in [1.54, 1.807) is 6.20 Å². The predicted octanol–water partition coefficient (Wildman–Crippen LogP) is 1.46. The number of ether oxygens (including phenoxy) is 2. The minimum absolute atomic E-state index is 0.259. The lowest BCUT2D eigenvalue weighted by atomic mass is 9.78. The standard InChI is InChI=1S/C14H17NO4/c1-18-13(16)11(14(17)19-2)10-7-3-5-9-6-4-8-15-12(9)10/h4,6,8,10-11H,3,5,7H2,1-2H3. The van der Waals surface area contributed by atoms with Crippen LogP contribution in [0.2, 0.25) is 0 Å². The van der Waals surface area contributed by atoms with Crippen molar-refractivity contribution in [3.8, 4) is 0 Å². The molecular weight excluding hydrogens is 246 g/mol. The van der Waals surface area contributed by atoms with Gasteiger partial charge in [0.15, 0.2) is 5.92 Å². The van der Waals surface area contributed by atoms with Crippen molar-refractivity contribution in [3.05, 3.63) is 29.6 Å². The highest BCUT2D eigenvalue weighted by Gasteiger charge is 2.40. The molecule has 0 radical (unpaired) electrons. The van der Waals surface area contributed by atoms with Gasteiger partial charge in [-0.1, -0.05) is 6.07 Å². The van der Waals surface area contributed by atoms with E-state index < -0.39 is 17.9 Å². The third kappa shape index (κ3) is 2.59. The molecule has 0 aromatic carbocycles. The second kappa shape index (κ2) is 5.82. The normalized spacial score (nSPS) is 17.7. The smallest absolute Gasteiger partial charge is 0.320 e. The van der Waals surface area contributed by atoms with Gasteiger partial charge in [-0.15, -0.1) is 0 Å². The van der Waals surface area contributed by atoms with E-state index in [0.717, 1.165) is 30.5 Å². The zero-order chi connectivity index (χ0) is 13.8. The zero-order valence-electron chi connectivity index (χ0n) is 11.1. The Bertz CT molecular complexity index is 470. The fourth-order valence-electron chi connectivity index (χ4n) is 2.65. The number of fused-ring (bicyclic) bond motifs is 1. The summed E-state index contributed by atoms with van der Waals surface area (Å²) < 4.78 is 9.47. The number of nitrogens with zero attached hydrogens (tertiary/aromatic N) is 1.